The first-order valence-electron chi connectivity index (χ1n) is 10.9. The van der Waals surface area contributed by atoms with Gasteiger partial charge in [-0.2, -0.15) is 0 Å². The Morgan fingerprint density at radius 3 is 2.26 bits per heavy atom. The number of amides is 1. The molecule has 2 N–H and O–H groups in total. The molecule has 1 amide bonds. The Balaban J connectivity index is 1.93. The molecule has 186 valence electrons. The lowest BCUT2D eigenvalue weighted by Crippen LogP contribution is -2.18. The first kappa shape index (κ1) is 26.4. The summed E-state index contributed by atoms with van der Waals surface area (Å²) in [5, 5.41) is 3.22. The summed E-state index contributed by atoms with van der Waals surface area (Å²) in [6.07, 6.45) is 1.05. The highest BCUT2D eigenvalue weighted by atomic mass is 35.5. The van der Waals surface area contributed by atoms with Crippen LogP contribution in [-0.2, 0) is 22.0 Å². The molecular weight excluding hydrogens is 488 g/mol. The van der Waals surface area contributed by atoms with Crippen molar-refractivity contribution in [2.45, 2.75) is 32.8 Å². The molecule has 0 aromatic heterocycles. The predicted octanol–water partition coefficient (Wildman–Crippen LogP) is 5.85. The normalized spacial score (nSPS) is 11.6. The molecule has 0 fully saturated rings. The van der Waals surface area contributed by atoms with Gasteiger partial charge in [0.1, 0.15) is 12.4 Å². The van der Waals surface area contributed by atoms with E-state index in [0.717, 1.165) is 17.4 Å². The highest BCUT2D eigenvalue weighted by Gasteiger charge is 2.22. The molecule has 3 rings (SSSR count). The molecule has 0 heterocycles. The number of hydrogen-bond acceptors (Lipinski definition) is 5. The van der Waals surface area contributed by atoms with Crippen molar-refractivity contribution in [3.05, 3.63) is 82.4 Å². The summed E-state index contributed by atoms with van der Waals surface area (Å²) >= 11 is 6.29. The lowest BCUT2D eigenvalue weighted by atomic mass is 9.86. The highest BCUT2D eigenvalue weighted by molar-refractivity contribution is 7.92. The van der Waals surface area contributed by atoms with Gasteiger partial charge in [0.05, 0.1) is 29.8 Å². The molecule has 0 aliphatic carbocycles. The van der Waals surface area contributed by atoms with Gasteiger partial charge in [0, 0.05) is 5.56 Å². The van der Waals surface area contributed by atoms with Gasteiger partial charge in [-0.3, -0.25) is 9.52 Å². The van der Waals surface area contributed by atoms with E-state index in [-0.39, 0.29) is 16.9 Å². The van der Waals surface area contributed by atoms with Crippen LogP contribution in [0.5, 0.6) is 11.5 Å². The van der Waals surface area contributed by atoms with E-state index in [2.05, 4.69) is 10.0 Å². The summed E-state index contributed by atoms with van der Waals surface area (Å²) in [5.41, 5.74) is 2.34. The van der Waals surface area contributed by atoms with Gasteiger partial charge in [-0.05, 0) is 46.9 Å². The van der Waals surface area contributed by atoms with Crippen LogP contribution in [0.1, 0.15) is 42.3 Å². The van der Waals surface area contributed by atoms with E-state index in [1.54, 1.807) is 30.3 Å². The average Bonchev–Trinajstić information content (AvgIpc) is 2.77. The first-order chi connectivity index (χ1) is 16.4. The van der Waals surface area contributed by atoms with Crippen LogP contribution in [-0.4, -0.2) is 27.7 Å². The number of benzene rings is 3. The zero-order valence-electron chi connectivity index (χ0n) is 20.3. The van der Waals surface area contributed by atoms with Crippen molar-refractivity contribution in [2.24, 2.45) is 0 Å². The Hall–Kier alpha value is -3.23. The maximum Gasteiger partial charge on any atom is 0.255 e. The molecule has 9 heteroatoms. The Morgan fingerprint density at radius 1 is 1.00 bits per heavy atom. The van der Waals surface area contributed by atoms with Crippen molar-refractivity contribution >= 4 is 38.9 Å². The molecule has 0 saturated carbocycles. The van der Waals surface area contributed by atoms with Gasteiger partial charge in [-0.1, -0.05) is 62.7 Å². The van der Waals surface area contributed by atoms with Crippen LogP contribution in [0, 0.1) is 0 Å². The first-order valence-corrected chi connectivity index (χ1v) is 13.1. The molecule has 0 saturated heterocycles. The number of halogens is 1. The summed E-state index contributed by atoms with van der Waals surface area (Å²) in [7, 11) is -2.17. The largest absolute Gasteiger partial charge is 0.492 e. The number of ether oxygens (including phenoxy) is 2. The molecule has 0 radical (unpaired) electrons. The molecule has 7 nitrogen and oxygen atoms in total. The summed E-state index contributed by atoms with van der Waals surface area (Å²) in [6.45, 7) is 6.26. The second-order valence-electron chi connectivity index (χ2n) is 9.10. The van der Waals surface area contributed by atoms with Gasteiger partial charge in [0.15, 0.2) is 5.75 Å². The van der Waals surface area contributed by atoms with Gasteiger partial charge in [-0.15, -0.1) is 0 Å². The summed E-state index contributed by atoms with van der Waals surface area (Å²) in [6, 6.07) is 17.8. The number of carbonyl (C=O) groups is 1. The van der Waals surface area contributed by atoms with Gasteiger partial charge in [0.25, 0.3) is 5.91 Å². The smallest absolute Gasteiger partial charge is 0.255 e. The van der Waals surface area contributed by atoms with Gasteiger partial charge in [0.2, 0.25) is 10.0 Å². The van der Waals surface area contributed by atoms with Crippen molar-refractivity contribution < 1.29 is 22.7 Å². The van der Waals surface area contributed by atoms with Crippen LogP contribution in [0.25, 0.3) is 0 Å². The molecule has 35 heavy (non-hydrogen) atoms. The van der Waals surface area contributed by atoms with E-state index in [1.165, 1.54) is 7.11 Å². The quantitative estimate of drug-likeness (QED) is 0.391. The third-order valence-electron chi connectivity index (χ3n) is 5.13. The van der Waals surface area contributed by atoms with Crippen molar-refractivity contribution in [3.63, 3.8) is 0 Å². The second kappa shape index (κ2) is 10.6. The lowest BCUT2D eigenvalue weighted by molar-refractivity contribution is 0.102. The molecule has 0 spiro atoms. The number of carbonyl (C=O) groups excluding carboxylic acids is 1. The number of rotatable bonds is 8. The summed E-state index contributed by atoms with van der Waals surface area (Å²) < 4.78 is 37.7. The van der Waals surface area contributed by atoms with Gasteiger partial charge >= 0.3 is 0 Å². The lowest BCUT2D eigenvalue weighted by Gasteiger charge is -2.24. The second-order valence-corrected chi connectivity index (χ2v) is 11.3. The van der Waals surface area contributed by atoms with E-state index in [4.69, 9.17) is 21.1 Å². The van der Waals surface area contributed by atoms with E-state index in [9.17, 15) is 13.2 Å². The number of nitrogens with one attached hydrogen (secondary N) is 2. The molecule has 0 atom stereocenters. The minimum absolute atomic E-state index is 0.200. The van der Waals surface area contributed by atoms with Crippen LogP contribution in [0.15, 0.2) is 60.7 Å². The van der Waals surface area contributed by atoms with E-state index < -0.39 is 15.9 Å². The molecule has 3 aromatic rings. The maximum atomic E-state index is 13.2. The fourth-order valence-corrected chi connectivity index (χ4v) is 4.06. The van der Waals surface area contributed by atoms with Gasteiger partial charge in [-0.25, -0.2) is 8.42 Å². The zero-order chi connectivity index (χ0) is 25.8. The van der Waals surface area contributed by atoms with Gasteiger partial charge < -0.3 is 14.8 Å². The highest BCUT2D eigenvalue weighted by Crippen LogP contribution is 2.39. The third kappa shape index (κ3) is 7.13. The molecular formula is C26H29ClN2O5S. The molecule has 0 unspecified atom stereocenters. The Labute approximate surface area is 211 Å². The average molecular weight is 517 g/mol. The molecule has 3 aromatic carbocycles. The van der Waals surface area contributed by atoms with Crippen LogP contribution in [0.4, 0.5) is 11.4 Å². The van der Waals surface area contributed by atoms with E-state index in [1.807, 2.05) is 51.1 Å². The Bertz CT molecular complexity index is 1320. The van der Waals surface area contributed by atoms with Crippen LogP contribution < -0.4 is 19.5 Å². The number of methoxy groups -OCH3 is 1. The predicted molar refractivity (Wildman–Crippen MR) is 140 cm³/mol. The fourth-order valence-electron chi connectivity index (χ4n) is 3.34. The van der Waals surface area contributed by atoms with E-state index in [0.29, 0.717) is 28.6 Å². The minimum Gasteiger partial charge on any atom is -0.492 e. The monoisotopic (exact) mass is 516 g/mol. The van der Waals surface area contributed by atoms with E-state index >= 15 is 0 Å². The SMILES string of the molecule is COc1c(NC(=O)c2ccc(Cl)c(OCc3ccccc3)c2)cc(C(C)(C)C)cc1NS(C)(=O)=O. The Kier molecular flexibility index (Phi) is 7.97. The summed E-state index contributed by atoms with van der Waals surface area (Å²) in [4.78, 5) is 13.2. The number of anilines is 2. The number of hydrogen-bond donors (Lipinski definition) is 2. The molecule has 0 aliphatic rings. The minimum atomic E-state index is -3.58. The van der Waals surface area contributed by atoms with Crippen LogP contribution in [0.2, 0.25) is 5.02 Å². The molecule has 0 aliphatic heterocycles. The van der Waals surface area contributed by atoms with Crippen LogP contribution >= 0.6 is 11.6 Å². The van der Waals surface area contributed by atoms with Crippen LogP contribution in [0.3, 0.4) is 0 Å². The van der Waals surface area contributed by atoms with Crippen molar-refractivity contribution in [1.82, 2.24) is 0 Å². The standard InChI is InChI=1S/C26H29ClN2O5S/c1-26(2,3)19-14-21(24(33-4)22(15-19)29-35(5,31)32)28-25(30)18-11-12-20(27)23(13-18)34-16-17-9-7-6-8-10-17/h6-15,29H,16H2,1-5H3,(H,28,30). The fraction of sp³-hybridized carbons (Fsp3) is 0.269. The number of sulfonamides is 1. The Morgan fingerprint density at radius 2 is 1.66 bits per heavy atom. The van der Waals surface area contributed by atoms with Crippen molar-refractivity contribution in [3.8, 4) is 11.5 Å². The van der Waals surface area contributed by atoms with Crippen molar-refractivity contribution in [2.75, 3.05) is 23.4 Å². The topological polar surface area (TPSA) is 93.7 Å². The molecule has 0 bridgehead atoms. The third-order valence-corrected chi connectivity index (χ3v) is 6.04. The maximum absolute atomic E-state index is 13.2. The summed E-state index contributed by atoms with van der Waals surface area (Å²) in [5.74, 6) is 0.144. The zero-order valence-corrected chi connectivity index (χ0v) is 21.9. The van der Waals surface area contributed by atoms with Crippen molar-refractivity contribution in [1.29, 1.82) is 0 Å².